The summed E-state index contributed by atoms with van der Waals surface area (Å²) in [4.78, 5) is 15.4. The zero-order chi connectivity index (χ0) is 13.0. The highest BCUT2D eigenvalue weighted by Crippen LogP contribution is 2.24. The van der Waals surface area contributed by atoms with Gasteiger partial charge in [0.05, 0.1) is 18.8 Å². The molecule has 1 aromatic rings. The summed E-state index contributed by atoms with van der Waals surface area (Å²) >= 11 is 0. The van der Waals surface area contributed by atoms with Crippen LogP contribution in [0.1, 0.15) is 31.1 Å². The first-order valence-electron chi connectivity index (χ1n) is 5.46. The van der Waals surface area contributed by atoms with Crippen molar-refractivity contribution < 1.29 is 14.3 Å². The maximum absolute atomic E-state index is 11.4. The number of nitrogen functional groups attached to an aromatic ring is 1. The topological polar surface area (TPSA) is 74.4 Å². The van der Waals surface area contributed by atoms with Crippen LogP contribution in [0.5, 0.6) is 5.88 Å². The van der Waals surface area contributed by atoms with Crippen molar-refractivity contribution in [1.29, 1.82) is 0 Å². The molecule has 94 valence electrons. The van der Waals surface area contributed by atoms with Gasteiger partial charge < -0.3 is 15.2 Å². The van der Waals surface area contributed by atoms with Crippen molar-refractivity contribution in [1.82, 2.24) is 4.98 Å². The molecule has 0 aliphatic heterocycles. The highest BCUT2D eigenvalue weighted by Gasteiger charge is 2.17. The van der Waals surface area contributed by atoms with Gasteiger partial charge in [-0.15, -0.1) is 0 Å². The molecule has 5 heteroatoms. The standard InChI is InChI=1S/C12H18N2O3/c1-7(2)8(3)17-11-10(13)9(5-6-14-11)12(15)16-4/h5-8H,13H2,1-4H3. The van der Waals surface area contributed by atoms with Crippen LogP contribution in [0.4, 0.5) is 5.69 Å². The Hall–Kier alpha value is -1.78. The molecule has 5 nitrogen and oxygen atoms in total. The quantitative estimate of drug-likeness (QED) is 0.810. The van der Waals surface area contributed by atoms with Crippen LogP contribution in [0.15, 0.2) is 12.3 Å². The molecule has 0 aliphatic carbocycles. The first-order chi connectivity index (χ1) is 7.97. The number of nitrogens with two attached hydrogens (primary N) is 1. The van der Waals surface area contributed by atoms with E-state index >= 15 is 0 Å². The molecule has 0 radical (unpaired) electrons. The molecule has 1 rings (SSSR count). The van der Waals surface area contributed by atoms with Gasteiger partial charge in [-0.2, -0.15) is 0 Å². The van der Waals surface area contributed by atoms with Crippen LogP contribution in [0.2, 0.25) is 0 Å². The maximum Gasteiger partial charge on any atom is 0.340 e. The predicted molar refractivity (Wildman–Crippen MR) is 64.9 cm³/mol. The zero-order valence-electron chi connectivity index (χ0n) is 10.6. The lowest BCUT2D eigenvalue weighted by Gasteiger charge is -2.18. The van der Waals surface area contributed by atoms with E-state index in [0.717, 1.165) is 0 Å². The number of carbonyl (C=O) groups is 1. The van der Waals surface area contributed by atoms with E-state index in [-0.39, 0.29) is 23.2 Å². The molecule has 0 saturated heterocycles. The van der Waals surface area contributed by atoms with Crippen molar-refractivity contribution in [2.45, 2.75) is 26.9 Å². The summed E-state index contributed by atoms with van der Waals surface area (Å²) in [5, 5.41) is 0. The van der Waals surface area contributed by atoms with Crippen molar-refractivity contribution >= 4 is 11.7 Å². The zero-order valence-corrected chi connectivity index (χ0v) is 10.6. The Morgan fingerprint density at radius 1 is 1.41 bits per heavy atom. The number of esters is 1. The number of hydrogen-bond acceptors (Lipinski definition) is 5. The Bertz CT molecular complexity index is 405. The van der Waals surface area contributed by atoms with Crippen molar-refractivity contribution in [3.05, 3.63) is 17.8 Å². The second-order valence-electron chi connectivity index (χ2n) is 4.14. The Morgan fingerprint density at radius 2 is 2.06 bits per heavy atom. The van der Waals surface area contributed by atoms with Crippen LogP contribution in [0.3, 0.4) is 0 Å². The van der Waals surface area contributed by atoms with Gasteiger partial charge in [0.15, 0.2) is 0 Å². The van der Waals surface area contributed by atoms with E-state index < -0.39 is 5.97 Å². The first kappa shape index (κ1) is 13.3. The Morgan fingerprint density at radius 3 is 2.59 bits per heavy atom. The van der Waals surface area contributed by atoms with E-state index in [0.29, 0.717) is 5.92 Å². The molecule has 1 aromatic heterocycles. The van der Waals surface area contributed by atoms with Crippen molar-refractivity contribution in [3.63, 3.8) is 0 Å². The average molecular weight is 238 g/mol. The second kappa shape index (κ2) is 5.52. The van der Waals surface area contributed by atoms with Gasteiger partial charge in [-0.3, -0.25) is 0 Å². The lowest BCUT2D eigenvalue weighted by atomic mass is 10.1. The number of aromatic nitrogens is 1. The summed E-state index contributed by atoms with van der Waals surface area (Å²) in [6.45, 7) is 5.99. The van der Waals surface area contributed by atoms with E-state index in [2.05, 4.69) is 9.72 Å². The summed E-state index contributed by atoms with van der Waals surface area (Å²) in [5.74, 6) is 0.110. The van der Waals surface area contributed by atoms with E-state index in [9.17, 15) is 4.79 Å². The van der Waals surface area contributed by atoms with E-state index in [1.54, 1.807) is 0 Å². The van der Waals surface area contributed by atoms with Crippen LogP contribution < -0.4 is 10.5 Å². The van der Waals surface area contributed by atoms with Gasteiger partial charge in [0.2, 0.25) is 5.88 Å². The van der Waals surface area contributed by atoms with Crippen molar-refractivity contribution in [2.75, 3.05) is 12.8 Å². The molecule has 0 saturated carbocycles. The van der Waals surface area contributed by atoms with Gasteiger partial charge in [0.25, 0.3) is 0 Å². The molecule has 0 aliphatic rings. The fraction of sp³-hybridized carbons (Fsp3) is 0.500. The summed E-state index contributed by atoms with van der Waals surface area (Å²) in [6.07, 6.45) is 1.45. The predicted octanol–water partition coefficient (Wildman–Crippen LogP) is 1.87. The first-order valence-corrected chi connectivity index (χ1v) is 5.46. The fourth-order valence-electron chi connectivity index (χ4n) is 1.15. The minimum absolute atomic E-state index is 0.0299. The third-order valence-electron chi connectivity index (χ3n) is 2.60. The molecule has 1 atom stereocenters. The highest BCUT2D eigenvalue weighted by molar-refractivity contribution is 5.95. The fourth-order valence-corrected chi connectivity index (χ4v) is 1.15. The van der Waals surface area contributed by atoms with E-state index in [4.69, 9.17) is 10.5 Å². The molecule has 0 aromatic carbocycles. The largest absolute Gasteiger partial charge is 0.473 e. The van der Waals surface area contributed by atoms with Gasteiger partial charge >= 0.3 is 5.97 Å². The molecule has 0 amide bonds. The number of hydrogen-bond donors (Lipinski definition) is 1. The molecule has 0 spiro atoms. The lowest BCUT2D eigenvalue weighted by Crippen LogP contribution is -2.20. The monoisotopic (exact) mass is 238 g/mol. The van der Waals surface area contributed by atoms with Gasteiger partial charge in [0, 0.05) is 6.20 Å². The minimum atomic E-state index is -0.494. The second-order valence-corrected chi connectivity index (χ2v) is 4.14. The number of anilines is 1. The number of pyridine rings is 1. The van der Waals surface area contributed by atoms with Crippen molar-refractivity contribution in [3.8, 4) is 5.88 Å². The van der Waals surface area contributed by atoms with Crippen LogP contribution >= 0.6 is 0 Å². The number of rotatable bonds is 4. The number of carbonyl (C=O) groups excluding carboxylic acids is 1. The molecular weight excluding hydrogens is 220 g/mol. The van der Waals surface area contributed by atoms with Gasteiger partial charge in [-0.05, 0) is 18.9 Å². The normalized spacial score (nSPS) is 12.3. The summed E-state index contributed by atoms with van der Waals surface area (Å²) < 4.78 is 10.2. The number of ether oxygens (including phenoxy) is 2. The van der Waals surface area contributed by atoms with Crippen molar-refractivity contribution in [2.24, 2.45) is 5.92 Å². The van der Waals surface area contributed by atoms with Crippen LogP contribution in [-0.2, 0) is 4.74 Å². The maximum atomic E-state index is 11.4. The minimum Gasteiger partial charge on any atom is -0.473 e. The van der Waals surface area contributed by atoms with E-state index in [1.807, 2.05) is 20.8 Å². The number of methoxy groups -OCH3 is 1. The van der Waals surface area contributed by atoms with Gasteiger partial charge in [-0.1, -0.05) is 13.8 Å². The Balaban J connectivity index is 2.98. The smallest absolute Gasteiger partial charge is 0.340 e. The lowest BCUT2D eigenvalue weighted by molar-refractivity contribution is 0.0601. The summed E-state index contributed by atoms with van der Waals surface area (Å²) in [7, 11) is 1.31. The molecule has 2 N–H and O–H groups in total. The van der Waals surface area contributed by atoms with Gasteiger partial charge in [0.1, 0.15) is 5.69 Å². The van der Waals surface area contributed by atoms with Gasteiger partial charge in [-0.25, -0.2) is 9.78 Å². The van der Waals surface area contributed by atoms with Crippen LogP contribution in [0, 0.1) is 5.92 Å². The number of nitrogens with zero attached hydrogens (tertiary/aromatic N) is 1. The molecular formula is C12H18N2O3. The molecule has 1 unspecified atom stereocenters. The average Bonchev–Trinajstić information content (AvgIpc) is 2.30. The third-order valence-corrected chi connectivity index (χ3v) is 2.60. The van der Waals surface area contributed by atoms with Crippen LogP contribution in [0.25, 0.3) is 0 Å². The van der Waals surface area contributed by atoms with E-state index in [1.165, 1.54) is 19.4 Å². The Kier molecular flexibility index (Phi) is 4.31. The van der Waals surface area contributed by atoms with Crippen LogP contribution in [-0.4, -0.2) is 24.2 Å². The SMILES string of the molecule is COC(=O)c1ccnc(OC(C)C(C)C)c1N. The molecule has 17 heavy (non-hydrogen) atoms. The summed E-state index contributed by atoms with van der Waals surface area (Å²) in [6, 6.07) is 1.51. The summed E-state index contributed by atoms with van der Waals surface area (Å²) in [5.41, 5.74) is 6.31. The molecule has 0 bridgehead atoms. The Labute approximate surface area is 101 Å². The molecule has 1 heterocycles. The third kappa shape index (κ3) is 3.09. The molecule has 0 fully saturated rings. The highest BCUT2D eigenvalue weighted by atomic mass is 16.5.